The molecule has 0 unspecified atom stereocenters. The highest BCUT2D eigenvalue weighted by molar-refractivity contribution is 7.11. The molecular weight excluding hydrogens is 461 g/mol. The molecule has 2 aromatic heterocycles. The van der Waals surface area contributed by atoms with Gasteiger partial charge in [-0.15, -0.1) is 24.5 Å². The van der Waals surface area contributed by atoms with Crippen molar-refractivity contribution in [3.63, 3.8) is 0 Å². The first kappa shape index (κ1) is 24.0. The van der Waals surface area contributed by atoms with Crippen molar-refractivity contribution in [2.75, 3.05) is 6.61 Å². The van der Waals surface area contributed by atoms with E-state index in [0.29, 0.717) is 22.7 Å². The standard InChI is InChI=1S/C21H19F3N4O4S/c22-21(23,24)32-15-6-4-14(5-7-15)31-12-17(29)27-11-18-28-19(20(25)30)16(33-18)8-3-13-2-1-9-26-10-13/h1-2,4-7,9-10H,3,8,11-12H2,(H2,25,30)(H,27,29). The molecule has 8 nitrogen and oxygen atoms in total. The second-order valence-corrected chi connectivity index (χ2v) is 7.86. The lowest BCUT2D eigenvalue weighted by Crippen LogP contribution is -2.28. The Morgan fingerprint density at radius 1 is 1.09 bits per heavy atom. The number of rotatable bonds is 10. The molecule has 0 atom stereocenters. The van der Waals surface area contributed by atoms with E-state index in [2.05, 4.69) is 20.0 Å². The summed E-state index contributed by atoms with van der Waals surface area (Å²) in [6.45, 7) is -0.292. The maximum absolute atomic E-state index is 12.2. The van der Waals surface area contributed by atoms with Crippen LogP contribution in [0.4, 0.5) is 13.2 Å². The van der Waals surface area contributed by atoms with Crippen LogP contribution in [0.3, 0.4) is 0 Å². The van der Waals surface area contributed by atoms with Crippen molar-refractivity contribution in [2.24, 2.45) is 5.73 Å². The van der Waals surface area contributed by atoms with Crippen molar-refractivity contribution < 1.29 is 32.2 Å². The van der Waals surface area contributed by atoms with Crippen LogP contribution in [-0.4, -0.2) is 34.8 Å². The number of alkyl halides is 3. The van der Waals surface area contributed by atoms with E-state index in [1.54, 1.807) is 12.4 Å². The number of amides is 2. The van der Waals surface area contributed by atoms with Gasteiger partial charge in [0.1, 0.15) is 22.2 Å². The monoisotopic (exact) mass is 480 g/mol. The molecule has 2 amide bonds. The number of hydrogen-bond donors (Lipinski definition) is 2. The lowest BCUT2D eigenvalue weighted by atomic mass is 10.1. The third-order valence-corrected chi connectivity index (χ3v) is 5.32. The van der Waals surface area contributed by atoms with Crippen LogP contribution in [0.2, 0.25) is 0 Å². The van der Waals surface area contributed by atoms with E-state index in [1.165, 1.54) is 23.5 Å². The summed E-state index contributed by atoms with van der Waals surface area (Å²) < 4.78 is 45.5. The predicted octanol–water partition coefficient (Wildman–Crippen LogP) is 3.02. The van der Waals surface area contributed by atoms with Crippen molar-refractivity contribution in [2.45, 2.75) is 25.7 Å². The largest absolute Gasteiger partial charge is 0.573 e. The maximum atomic E-state index is 12.2. The molecule has 0 bridgehead atoms. The van der Waals surface area contributed by atoms with Gasteiger partial charge in [-0.3, -0.25) is 14.6 Å². The second-order valence-electron chi connectivity index (χ2n) is 6.69. The minimum atomic E-state index is -4.79. The fourth-order valence-corrected chi connectivity index (χ4v) is 3.77. The molecule has 2 heterocycles. The fourth-order valence-electron chi connectivity index (χ4n) is 2.75. The Morgan fingerprint density at radius 2 is 1.82 bits per heavy atom. The van der Waals surface area contributed by atoms with E-state index in [1.807, 2.05) is 12.1 Å². The summed E-state index contributed by atoms with van der Waals surface area (Å²) in [4.78, 5) is 32.8. The number of nitrogens with two attached hydrogens (primary N) is 1. The molecule has 0 saturated carbocycles. The van der Waals surface area contributed by atoms with Crippen molar-refractivity contribution in [1.82, 2.24) is 15.3 Å². The summed E-state index contributed by atoms with van der Waals surface area (Å²) in [5.74, 6) is -1.32. The number of nitrogens with one attached hydrogen (secondary N) is 1. The van der Waals surface area contributed by atoms with Crippen LogP contribution >= 0.6 is 11.3 Å². The number of hydrogen-bond acceptors (Lipinski definition) is 7. The number of carbonyl (C=O) groups is 2. The lowest BCUT2D eigenvalue weighted by Gasteiger charge is -2.10. The molecule has 3 aromatic rings. The predicted molar refractivity (Wildman–Crippen MR) is 113 cm³/mol. The lowest BCUT2D eigenvalue weighted by molar-refractivity contribution is -0.274. The first-order chi connectivity index (χ1) is 15.7. The Labute approximate surface area is 190 Å². The van der Waals surface area contributed by atoms with Gasteiger partial charge in [0, 0.05) is 17.3 Å². The highest BCUT2D eigenvalue weighted by Crippen LogP contribution is 2.25. The normalized spacial score (nSPS) is 11.1. The zero-order chi connectivity index (χ0) is 23.8. The zero-order valence-electron chi connectivity index (χ0n) is 17.1. The average Bonchev–Trinajstić information content (AvgIpc) is 3.19. The molecule has 0 aliphatic carbocycles. The number of nitrogens with zero attached hydrogens (tertiary/aromatic N) is 2. The third-order valence-electron chi connectivity index (χ3n) is 4.20. The number of ether oxygens (including phenoxy) is 2. The topological polar surface area (TPSA) is 116 Å². The smallest absolute Gasteiger partial charge is 0.484 e. The number of thiazole rings is 1. The van der Waals surface area contributed by atoms with Gasteiger partial charge in [-0.1, -0.05) is 6.07 Å². The first-order valence-electron chi connectivity index (χ1n) is 9.62. The molecule has 1 aromatic carbocycles. The Bertz CT molecular complexity index is 1090. The van der Waals surface area contributed by atoms with Gasteiger partial charge in [0.2, 0.25) is 0 Å². The van der Waals surface area contributed by atoms with Gasteiger partial charge in [0.05, 0.1) is 6.54 Å². The Hall–Kier alpha value is -3.67. The van der Waals surface area contributed by atoms with Gasteiger partial charge in [0.15, 0.2) is 6.61 Å². The Balaban J connectivity index is 1.49. The van der Waals surface area contributed by atoms with Gasteiger partial charge in [0.25, 0.3) is 11.8 Å². The van der Waals surface area contributed by atoms with Crippen molar-refractivity contribution in [1.29, 1.82) is 0 Å². The van der Waals surface area contributed by atoms with Gasteiger partial charge in [-0.05, 0) is 48.7 Å². The van der Waals surface area contributed by atoms with Crippen LogP contribution in [0.15, 0.2) is 48.8 Å². The molecule has 0 saturated heterocycles. The molecule has 0 spiro atoms. The number of primary amides is 1. The van der Waals surface area contributed by atoms with Crippen LogP contribution in [0.1, 0.15) is 25.9 Å². The number of aryl methyl sites for hydroxylation is 2. The molecule has 12 heteroatoms. The highest BCUT2D eigenvalue weighted by atomic mass is 32.1. The summed E-state index contributed by atoms with van der Waals surface area (Å²) in [5, 5.41) is 3.12. The van der Waals surface area contributed by atoms with Crippen molar-refractivity contribution in [3.8, 4) is 11.5 Å². The van der Waals surface area contributed by atoms with Gasteiger partial charge in [-0.2, -0.15) is 0 Å². The number of benzene rings is 1. The summed E-state index contributed by atoms with van der Waals surface area (Å²) in [6, 6.07) is 8.41. The summed E-state index contributed by atoms with van der Waals surface area (Å²) >= 11 is 1.28. The van der Waals surface area contributed by atoms with Crippen LogP contribution in [0.5, 0.6) is 11.5 Å². The molecular formula is C21H19F3N4O4S. The third kappa shape index (κ3) is 7.75. The van der Waals surface area contributed by atoms with Crippen molar-refractivity contribution >= 4 is 23.2 Å². The van der Waals surface area contributed by atoms with E-state index in [-0.39, 0.29) is 24.6 Å². The summed E-state index contributed by atoms with van der Waals surface area (Å²) in [6.07, 6.45) is -0.170. The van der Waals surface area contributed by atoms with E-state index in [9.17, 15) is 22.8 Å². The minimum Gasteiger partial charge on any atom is -0.484 e. The molecule has 33 heavy (non-hydrogen) atoms. The second kappa shape index (κ2) is 10.8. The zero-order valence-corrected chi connectivity index (χ0v) is 17.9. The van der Waals surface area contributed by atoms with Crippen LogP contribution in [-0.2, 0) is 24.2 Å². The maximum Gasteiger partial charge on any atom is 0.573 e. The first-order valence-corrected chi connectivity index (χ1v) is 10.4. The Morgan fingerprint density at radius 3 is 2.45 bits per heavy atom. The van der Waals surface area contributed by atoms with Crippen LogP contribution in [0, 0.1) is 0 Å². The van der Waals surface area contributed by atoms with E-state index < -0.39 is 23.9 Å². The molecule has 0 radical (unpaired) electrons. The Kier molecular flexibility index (Phi) is 7.83. The molecule has 0 aliphatic heterocycles. The minimum absolute atomic E-state index is 0.0679. The van der Waals surface area contributed by atoms with E-state index in [0.717, 1.165) is 17.7 Å². The number of halogens is 3. The van der Waals surface area contributed by atoms with Crippen LogP contribution in [0.25, 0.3) is 0 Å². The molecule has 3 N–H and O–H groups in total. The molecule has 3 rings (SSSR count). The molecule has 174 valence electrons. The van der Waals surface area contributed by atoms with E-state index >= 15 is 0 Å². The highest BCUT2D eigenvalue weighted by Gasteiger charge is 2.31. The van der Waals surface area contributed by atoms with Crippen LogP contribution < -0.4 is 20.5 Å². The fraction of sp³-hybridized carbons (Fsp3) is 0.238. The van der Waals surface area contributed by atoms with E-state index in [4.69, 9.17) is 10.5 Å². The SMILES string of the molecule is NC(=O)c1nc(CNC(=O)COc2ccc(OC(F)(F)F)cc2)sc1CCc1cccnc1. The average molecular weight is 480 g/mol. The number of carbonyl (C=O) groups excluding carboxylic acids is 2. The molecule has 0 fully saturated rings. The number of aromatic nitrogens is 2. The summed E-state index contributed by atoms with van der Waals surface area (Å²) in [7, 11) is 0. The summed E-state index contributed by atoms with van der Waals surface area (Å²) in [5.41, 5.74) is 6.60. The van der Waals surface area contributed by atoms with Gasteiger partial charge >= 0.3 is 6.36 Å². The van der Waals surface area contributed by atoms with Crippen molar-refractivity contribution in [3.05, 3.63) is 69.9 Å². The quantitative estimate of drug-likeness (QED) is 0.461. The molecule has 0 aliphatic rings. The number of pyridine rings is 1. The van der Waals surface area contributed by atoms with Gasteiger partial charge in [-0.25, -0.2) is 4.98 Å². The van der Waals surface area contributed by atoms with Gasteiger partial charge < -0.3 is 20.5 Å².